The van der Waals surface area contributed by atoms with Gasteiger partial charge in [-0.15, -0.1) is 5.10 Å². The fourth-order valence-corrected chi connectivity index (χ4v) is 4.46. The van der Waals surface area contributed by atoms with Crippen molar-refractivity contribution < 1.29 is 9.18 Å². The predicted octanol–water partition coefficient (Wildman–Crippen LogP) is 1.79. The molecule has 30 heavy (non-hydrogen) atoms. The number of halogens is 1. The summed E-state index contributed by atoms with van der Waals surface area (Å²) in [5.41, 5.74) is 7.81. The molecule has 3 aromatic rings. The fraction of sp³-hybridized carbons (Fsp3) is 0.200. The van der Waals surface area contributed by atoms with E-state index in [4.69, 9.17) is 0 Å². The number of carbonyl (C=O) groups excluding carboxylic acids is 1. The van der Waals surface area contributed by atoms with Gasteiger partial charge in [-0.25, -0.2) is 20.2 Å². The standard InChI is InChI=1S/C20H17FN6O2S/c21-13-6-4-12(5-7-13)15-10-16-19(29)23-24-20(27(16)25-15)30-11-14-9-18(28)26-8-2-1-3-17(26)22-14/h1-9,15-16,25H,10-11H2,(H,23,29). The number of thioether (sulfide) groups is 1. The van der Waals surface area contributed by atoms with E-state index in [-0.39, 0.29) is 23.3 Å². The highest BCUT2D eigenvalue weighted by molar-refractivity contribution is 8.13. The number of hydrazone groups is 1. The molecule has 2 aliphatic heterocycles. The largest absolute Gasteiger partial charge is 0.272 e. The normalized spacial score (nSPS) is 20.8. The second kappa shape index (κ2) is 7.54. The highest BCUT2D eigenvalue weighted by atomic mass is 32.2. The molecule has 4 heterocycles. The highest BCUT2D eigenvalue weighted by Gasteiger charge is 2.41. The van der Waals surface area contributed by atoms with Crippen molar-refractivity contribution in [3.8, 4) is 0 Å². The van der Waals surface area contributed by atoms with Crippen LogP contribution in [0.4, 0.5) is 4.39 Å². The van der Waals surface area contributed by atoms with Crippen LogP contribution in [0.2, 0.25) is 0 Å². The van der Waals surface area contributed by atoms with Gasteiger partial charge in [-0.2, -0.15) is 0 Å². The summed E-state index contributed by atoms with van der Waals surface area (Å²) in [4.78, 5) is 29.1. The summed E-state index contributed by atoms with van der Waals surface area (Å²) in [6.45, 7) is 0. The molecule has 0 aliphatic carbocycles. The zero-order valence-electron chi connectivity index (χ0n) is 15.7. The first kappa shape index (κ1) is 18.8. The van der Waals surface area contributed by atoms with Crippen molar-refractivity contribution >= 4 is 28.5 Å². The number of nitrogens with one attached hydrogen (secondary N) is 2. The molecular weight excluding hydrogens is 407 g/mol. The number of pyridine rings is 1. The van der Waals surface area contributed by atoms with Gasteiger partial charge in [-0.05, 0) is 36.2 Å². The lowest BCUT2D eigenvalue weighted by Gasteiger charge is -2.29. The maximum atomic E-state index is 13.2. The number of amides is 1. The van der Waals surface area contributed by atoms with E-state index in [1.165, 1.54) is 34.4 Å². The number of benzene rings is 1. The molecule has 1 aromatic carbocycles. The molecule has 1 fully saturated rings. The van der Waals surface area contributed by atoms with E-state index in [1.54, 1.807) is 35.5 Å². The lowest BCUT2D eigenvalue weighted by atomic mass is 10.0. The summed E-state index contributed by atoms with van der Waals surface area (Å²) < 4.78 is 14.7. The predicted molar refractivity (Wildman–Crippen MR) is 111 cm³/mol. The topological polar surface area (TPSA) is 91.1 Å². The molecule has 2 aliphatic rings. The molecule has 2 unspecified atom stereocenters. The molecule has 0 spiro atoms. The third-order valence-corrected chi connectivity index (χ3v) is 6.07. The van der Waals surface area contributed by atoms with Crippen LogP contribution in [0.5, 0.6) is 0 Å². The van der Waals surface area contributed by atoms with E-state index in [0.717, 1.165) is 5.56 Å². The van der Waals surface area contributed by atoms with Crippen molar-refractivity contribution in [3.63, 3.8) is 0 Å². The molecule has 152 valence electrons. The van der Waals surface area contributed by atoms with Crippen LogP contribution in [-0.2, 0) is 10.5 Å². The highest BCUT2D eigenvalue weighted by Crippen LogP contribution is 2.31. The SMILES string of the molecule is O=C1NN=C(SCc2cc(=O)n3ccccc3n2)N2NC(c3ccc(F)cc3)CC12. The number of amidine groups is 1. The lowest BCUT2D eigenvalue weighted by molar-refractivity contribution is -0.125. The van der Waals surface area contributed by atoms with Crippen molar-refractivity contribution in [1.29, 1.82) is 0 Å². The Labute approximate surface area is 174 Å². The molecule has 0 saturated carbocycles. The molecule has 5 rings (SSSR count). The first-order valence-electron chi connectivity index (χ1n) is 9.37. The number of nitrogens with zero attached hydrogens (tertiary/aromatic N) is 4. The van der Waals surface area contributed by atoms with E-state index in [1.807, 2.05) is 6.07 Å². The minimum Gasteiger partial charge on any atom is -0.272 e. The Morgan fingerprint density at radius 1 is 1.17 bits per heavy atom. The first-order chi connectivity index (χ1) is 14.6. The van der Waals surface area contributed by atoms with Gasteiger partial charge in [0.15, 0.2) is 5.17 Å². The third kappa shape index (κ3) is 3.44. The molecule has 8 nitrogen and oxygen atoms in total. The third-order valence-electron chi connectivity index (χ3n) is 5.08. The average Bonchev–Trinajstić information content (AvgIpc) is 3.20. The van der Waals surface area contributed by atoms with Crippen LogP contribution in [0.1, 0.15) is 23.7 Å². The number of carbonyl (C=O) groups is 1. The van der Waals surface area contributed by atoms with E-state index < -0.39 is 6.04 Å². The number of hydrazine groups is 1. The van der Waals surface area contributed by atoms with Crippen molar-refractivity contribution in [3.05, 3.63) is 82.2 Å². The average molecular weight is 424 g/mol. The minimum atomic E-state index is -0.421. The Balaban J connectivity index is 1.34. The van der Waals surface area contributed by atoms with Gasteiger partial charge < -0.3 is 0 Å². The van der Waals surface area contributed by atoms with Crippen LogP contribution in [0.15, 0.2) is 64.6 Å². The number of hydrogen-bond donors (Lipinski definition) is 2. The number of hydrogen-bond acceptors (Lipinski definition) is 7. The van der Waals surface area contributed by atoms with Crippen LogP contribution >= 0.6 is 11.8 Å². The van der Waals surface area contributed by atoms with Gasteiger partial charge in [-0.3, -0.25) is 19.0 Å². The van der Waals surface area contributed by atoms with Crippen molar-refractivity contribution in [2.75, 3.05) is 0 Å². The van der Waals surface area contributed by atoms with Crippen LogP contribution in [-0.4, -0.2) is 31.5 Å². The second-order valence-corrected chi connectivity index (χ2v) is 7.97. The van der Waals surface area contributed by atoms with E-state index in [9.17, 15) is 14.0 Å². The van der Waals surface area contributed by atoms with E-state index in [0.29, 0.717) is 28.7 Å². The first-order valence-corrected chi connectivity index (χ1v) is 10.4. The number of fused-ring (bicyclic) bond motifs is 2. The summed E-state index contributed by atoms with van der Waals surface area (Å²) in [5.74, 6) is -0.0797. The number of rotatable bonds is 3. The van der Waals surface area contributed by atoms with Gasteiger partial charge in [0, 0.05) is 18.0 Å². The summed E-state index contributed by atoms with van der Waals surface area (Å²) >= 11 is 1.37. The van der Waals surface area contributed by atoms with Gasteiger partial charge in [0.25, 0.3) is 11.5 Å². The van der Waals surface area contributed by atoms with Crippen LogP contribution in [0.25, 0.3) is 5.65 Å². The van der Waals surface area contributed by atoms with Crippen LogP contribution in [0, 0.1) is 5.82 Å². The van der Waals surface area contributed by atoms with Crippen molar-refractivity contribution in [1.82, 2.24) is 25.2 Å². The van der Waals surface area contributed by atoms with Crippen molar-refractivity contribution in [2.24, 2.45) is 5.10 Å². The summed E-state index contributed by atoms with van der Waals surface area (Å²) in [7, 11) is 0. The fourth-order valence-electron chi connectivity index (χ4n) is 3.61. The van der Waals surface area contributed by atoms with E-state index >= 15 is 0 Å². The Morgan fingerprint density at radius 2 is 2.00 bits per heavy atom. The molecule has 2 atom stereocenters. The van der Waals surface area contributed by atoms with Gasteiger partial charge in [0.1, 0.15) is 17.5 Å². The molecule has 0 radical (unpaired) electrons. The second-order valence-electron chi connectivity index (χ2n) is 7.03. The summed E-state index contributed by atoms with van der Waals surface area (Å²) in [5, 5.41) is 6.49. The Bertz CT molecular complexity index is 1210. The monoisotopic (exact) mass is 424 g/mol. The molecule has 1 saturated heterocycles. The summed E-state index contributed by atoms with van der Waals surface area (Å²) in [6, 6.07) is 12.6. The van der Waals surface area contributed by atoms with Gasteiger partial charge in [0.05, 0.1) is 11.7 Å². The zero-order valence-corrected chi connectivity index (χ0v) is 16.5. The molecule has 1 amide bonds. The van der Waals surface area contributed by atoms with Gasteiger partial charge >= 0.3 is 0 Å². The Hall–Kier alpha value is -3.24. The lowest BCUT2D eigenvalue weighted by Crippen LogP contribution is -2.52. The van der Waals surface area contributed by atoms with Gasteiger partial charge in [-0.1, -0.05) is 30.0 Å². The Kier molecular flexibility index (Phi) is 4.72. The maximum Gasteiger partial charge on any atom is 0.264 e. The number of aromatic nitrogens is 2. The molecular formula is C20H17FN6O2S. The molecule has 10 heteroatoms. The minimum absolute atomic E-state index is 0.131. The molecule has 2 N–H and O–H groups in total. The van der Waals surface area contributed by atoms with E-state index in [2.05, 4.69) is 20.9 Å². The molecule has 2 aromatic heterocycles. The van der Waals surface area contributed by atoms with Crippen molar-refractivity contribution in [2.45, 2.75) is 24.3 Å². The van der Waals surface area contributed by atoms with Gasteiger partial charge in [0.2, 0.25) is 0 Å². The smallest absolute Gasteiger partial charge is 0.264 e. The zero-order chi connectivity index (χ0) is 20.7. The molecule has 0 bridgehead atoms. The Morgan fingerprint density at radius 3 is 2.83 bits per heavy atom. The maximum absolute atomic E-state index is 13.2. The van der Waals surface area contributed by atoms with Crippen LogP contribution < -0.4 is 16.4 Å². The summed E-state index contributed by atoms with van der Waals surface area (Å²) in [6.07, 6.45) is 2.21. The quantitative estimate of drug-likeness (QED) is 0.666. The van der Waals surface area contributed by atoms with Crippen LogP contribution in [0.3, 0.4) is 0 Å².